The van der Waals surface area contributed by atoms with Gasteiger partial charge in [-0.2, -0.15) is 0 Å². The van der Waals surface area contributed by atoms with Crippen LogP contribution in [0, 0.1) is 51.1 Å². The summed E-state index contributed by atoms with van der Waals surface area (Å²) in [7, 11) is 1.52. The van der Waals surface area contributed by atoms with Crippen LogP contribution >= 0.6 is 54.9 Å². The number of hydrogen-bond acceptors (Lipinski definition) is 8. The Morgan fingerprint density at radius 3 is 0.452 bits per heavy atom. The van der Waals surface area contributed by atoms with Gasteiger partial charge in [0.2, 0.25) is 0 Å². The van der Waals surface area contributed by atoms with Gasteiger partial charge in [-0.05, 0) is 95.3 Å². The molecule has 0 unspecified atom stereocenters. The van der Waals surface area contributed by atoms with Crippen LogP contribution in [-0.4, -0.2) is 91.7 Å². The monoisotopic (exact) mass is 1810 g/mol. The van der Waals surface area contributed by atoms with E-state index in [1.165, 1.54) is 63.7 Å². The molecule has 580 valence electrons. The maximum atomic E-state index is 11.0. The Hall–Kier alpha value is -9.80. The molecule has 4 heterocycles. The molecule has 4 aliphatic heterocycles. The third-order valence-corrected chi connectivity index (χ3v) is 27.1. The summed E-state index contributed by atoms with van der Waals surface area (Å²) in [5.74, 6) is 2.28. The first kappa shape index (κ1) is 97.6. The molecule has 24 heteroatoms. The Kier molecular flexibility index (Phi) is 44.7. The van der Waals surface area contributed by atoms with Gasteiger partial charge in [-0.15, -0.1) is 23.2 Å². The maximum absolute atomic E-state index is 11.0. The van der Waals surface area contributed by atoms with Crippen molar-refractivity contribution in [1.29, 1.82) is 0 Å². The summed E-state index contributed by atoms with van der Waals surface area (Å²) >= 11 is 9.53. The molecule has 0 atom stereocenters. The van der Waals surface area contributed by atoms with Crippen LogP contribution < -0.4 is 63.7 Å². The van der Waals surface area contributed by atoms with Gasteiger partial charge >= 0.3 is 121 Å². The van der Waals surface area contributed by atoms with E-state index in [0.717, 1.165) is 0 Å². The summed E-state index contributed by atoms with van der Waals surface area (Å²) in [6.07, 6.45) is 14.1. The third kappa shape index (κ3) is 27.7. The van der Waals surface area contributed by atoms with Crippen LogP contribution in [0.2, 0.25) is 0 Å². The van der Waals surface area contributed by atoms with E-state index >= 15 is 0 Å². The Bertz CT molecular complexity index is 4050. The fraction of sp³-hybridized carbons (Fsp3) is 0.0769. The van der Waals surface area contributed by atoms with Crippen molar-refractivity contribution < 1.29 is 107 Å². The number of nitrogens with zero attached hydrogens (tertiary/aromatic N) is 2. The minimum absolute atomic E-state index is 0. The second-order valence-electron chi connectivity index (χ2n) is 24.7. The van der Waals surface area contributed by atoms with E-state index in [4.69, 9.17) is 73.3 Å². The van der Waals surface area contributed by atoms with Crippen molar-refractivity contribution in [3.05, 3.63) is 403 Å². The Morgan fingerprint density at radius 1 is 0.278 bits per heavy atom. The minimum Gasteiger partial charge on any atom is -1.00 e. The first-order valence-corrected chi connectivity index (χ1v) is 41.1. The van der Waals surface area contributed by atoms with Gasteiger partial charge in [0.25, 0.3) is 0 Å². The predicted octanol–water partition coefficient (Wildman–Crippen LogP) is 12.5. The van der Waals surface area contributed by atoms with Crippen LogP contribution in [0.4, 0.5) is 0 Å². The average Bonchev–Trinajstić information content (AvgIpc) is 1.59. The molecule has 0 radical (unpaired) electrons. The van der Waals surface area contributed by atoms with Crippen LogP contribution in [0.3, 0.4) is 0 Å². The van der Waals surface area contributed by atoms with E-state index < -0.39 is 68.9 Å². The molecule has 0 bridgehead atoms. The summed E-state index contributed by atoms with van der Waals surface area (Å²) in [4.78, 5) is 44.0. The summed E-state index contributed by atoms with van der Waals surface area (Å²) in [5, 5.41) is 17.0. The molecule has 0 amide bonds. The van der Waals surface area contributed by atoms with Crippen LogP contribution in [0.25, 0.3) is 0 Å². The zero-order valence-electron chi connectivity index (χ0n) is 64.4. The van der Waals surface area contributed by atoms with E-state index in [0.29, 0.717) is 0 Å². The number of halogens is 2. The molecule has 14 nitrogen and oxygen atoms in total. The zero-order chi connectivity index (χ0) is 81.8. The van der Waals surface area contributed by atoms with Crippen LogP contribution in [0.15, 0.2) is 364 Å². The molecule has 0 aliphatic carbocycles. The topological polar surface area (TPSA) is 185 Å². The quantitative estimate of drug-likeness (QED) is 0.0289. The number of benzene rings is 12. The van der Waals surface area contributed by atoms with Crippen molar-refractivity contribution in [2.45, 2.75) is 0 Å². The van der Waals surface area contributed by atoms with Gasteiger partial charge in [0.15, 0.2) is 0 Å². The van der Waals surface area contributed by atoms with Crippen molar-refractivity contribution in [1.82, 2.24) is 0 Å². The minimum atomic E-state index is -2.31. The van der Waals surface area contributed by atoms with Crippen LogP contribution in [0.1, 0.15) is 2.85 Å². The first-order valence-electron chi connectivity index (χ1n) is 34.7. The Labute approximate surface area is 717 Å². The van der Waals surface area contributed by atoms with E-state index in [1.807, 2.05) is 11.6 Å². The van der Waals surface area contributed by atoms with Gasteiger partial charge in [-0.1, -0.05) is 364 Å². The molecule has 12 aromatic rings. The van der Waals surface area contributed by atoms with Crippen molar-refractivity contribution in [2.75, 3.05) is 45.6 Å². The summed E-state index contributed by atoms with van der Waals surface area (Å²) < 4.78 is 49.4. The first-order chi connectivity index (χ1) is 55.2. The molecular formula is C91H78B2Cl2N2O12P4Ru2. The number of alkyl halides is 2. The van der Waals surface area contributed by atoms with E-state index in [-0.39, 0.29) is 82.1 Å². The Morgan fingerprint density at radius 2 is 0.374 bits per heavy atom. The third-order valence-electron chi connectivity index (χ3n) is 17.3. The summed E-state index contributed by atoms with van der Waals surface area (Å²) in [6, 6.07) is 129. The number of rotatable bonds is 12. The fourth-order valence-corrected chi connectivity index (χ4v) is 21.6. The molecule has 16 rings (SSSR count). The zero-order valence-corrected chi connectivity index (χ0v) is 70.9. The van der Waals surface area contributed by atoms with Gasteiger partial charge in [0.05, 0.1) is 5.34 Å². The van der Waals surface area contributed by atoms with Crippen LogP contribution in [-0.2, 0) is 95.4 Å². The van der Waals surface area contributed by atoms with E-state index in [9.17, 15) is 19.2 Å². The van der Waals surface area contributed by atoms with Crippen molar-refractivity contribution in [3.8, 4) is 11.6 Å². The van der Waals surface area contributed by atoms with Gasteiger partial charge in [-0.25, -0.2) is 0 Å². The van der Waals surface area contributed by atoms with Crippen LogP contribution in [0.5, 0.6) is 0 Å². The number of carbonyl (C=O) groups excluding carboxylic acids is 4. The van der Waals surface area contributed by atoms with Gasteiger partial charge in [0.1, 0.15) is 26.2 Å². The number of fused-ring (bicyclic) bond motifs is 2. The largest absolute Gasteiger partial charge is 2.00 e. The van der Waals surface area contributed by atoms with Gasteiger partial charge in [0, 0.05) is 14.1 Å². The molecule has 12 aromatic carbocycles. The van der Waals surface area contributed by atoms with Crippen molar-refractivity contribution in [3.63, 3.8) is 0 Å². The van der Waals surface area contributed by atoms with Crippen molar-refractivity contribution >= 4 is 156 Å². The Balaban J connectivity index is 0.000000464. The molecule has 4 fully saturated rings. The standard InChI is InChI=1S/4C18H15P.2C7H7BNO4.CH2Cl2.4CO.2Ru.2H/c4*1-4-10-16(11-5-1)19(17-12-6-2-7-13-17)18-14-8-3-9-15-18;2*1-3-8-9(2,4-6(10)12-8)5-7(11)13-8;2-1-3;4*1-2;;;;/h4*1-15H;2*4-5H2,2H3;1H2;;;;;;;;/q;;;;2*-1;;;;;;2*+2;2*-1. The molecule has 0 aromatic heterocycles. The number of likely N-dealkylation sites (N-methyl/N-ethyl adjacent to an activating group) is 2. The van der Waals surface area contributed by atoms with Gasteiger partial charge in [-0.3, -0.25) is 19.2 Å². The maximum Gasteiger partial charge on any atom is 2.00 e. The number of carbonyl (C=O) groups is 4. The number of hydrogen-bond donors (Lipinski definition) is 0. The molecule has 4 saturated heterocycles. The van der Waals surface area contributed by atoms with E-state index in [2.05, 4.69) is 391 Å². The second kappa shape index (κ2) is 52.6. The van der Waals surface area contributed by atoms with E-state index in [1.54, 1.807) is 14.1 Å². The van der Waals surface area contributed by atoms with Gasteiger partial charge < -0.3 is 54.7 Å². The summed E-state index contributed by atoms with van der Waals surface area (Å²) in [5.41, 5.74) is 0. The molecule has 0 saturated carbocycles. The fourth-order valence-electron chi connectivity index (χ4n) is 12.3. The molecular weight excluding hydrogens is 1730 g/mol. The van der Waals surface area contributed by atoms with Crippen molar-refractivity contribution in [2.24, 2.45) is 0 Å². The second-order valence-corrected chi connectivity index (χ2v) is 34.3. The smallest absolute Gasteiger partial charge is 1.00 e. The summed E-state index contributed by atoms with van der Waals surface area (Å²) in [6.45, 7) is 13.6. The molecule has 0 spiro atoms. The molecule has 115 heavy (non-hydrogen) atoms. The normalized spacial score (nSPS) is 16.7. The average molecular weight is 1810 g/mol. The predicted molar refractivity (Wildman–Crippen MR) is 457 cm³/mol. The molecule has 4 aliphatic rings. The number of quaternary nitrogens is 2. The SMILES string of the molecule is ClCCl.[C-]#C[B-]12OC(=O)C[N+]1(C)CC(=O)O2.[C-]#C[B-]12OC(=O)C[N+]1(C)CC(=O)O2.[C-]#[O+].[C-]#[O+].[C-]#[O+].[C-]#[O+].[H-].[H-].[Ru+2].[Ru+2].c1ccc(P(c2ccccc2)c2ccccc2)cc1.c1ccc(P(c2ccccc2)c2ccccc2)cc1.c1ccc(P(c2ccccc2)c2ccccc2)cc1.c1ccc(P(c2ccccc2)c2ccccc2)cc1. The molecule has 0 N–H and O–H groups in total.